The number of nitrogens with zero attached hydrogens (tertiary/aromatic N) is 2. The highest BCUT2D eigenvalue weighted by molar-refractivity contribution is 7.07. The van der Waals surface area contributed by atoms with Crippen LogP contribution in [0.1, 0.15) is 5.56 Å². The summed E-state index contributed by atoms with van der Waals surface area (Å²) in [5, 5.41) is 7.11. The molecule has 2 rings (SSSR count). The Hall–Kier alpha value is -1.40. The average Bonchev–Trinajstić information content (AvgIpc) is 2.90. The molecular formula is C13H19N3O2S. The first kappa shape index (κ1) is 14.0. The predicted molar refractivity (Wildman–Crippen MR) is 75.1 cm³/mol. The molecule has 2 amide bonds. The molecule has 0 spiro atoms. The zero-order valence-electron chi connectivity index (χ0n) is 11.3. The van der Waals surface area contributed by atoms with Crippen LogP contribution in [0.2, 0.25) is 0 Å². The SMILES string of the molecule is CN(C)C(=O)C1CNCCN1C(=O)Cc1ccsc1. The van der Waals surface area contributed by atoms with Crippen LogP contribution in [0, 0.1) is 0 Å². The van der Waals surface area contributed by atoms with Gasteiger partial charge in [0.2, 0.25) is 11.8 Å². The summed E-state index contributed by atoms with van der Waals surface area (Å²) in [5.74, 6) is 0.00553. The number of amides is 2. The zero-order valence-corrected chi connectivity index (χ0v) is 12.1. The van der Waals surface area contributed by atoms with Crippen molar-refractivity contribution >= 4 is 23.2 Å². The first-order valence-corrected chi connectivity index (χ1v) is 7.26. The summed E-state index contributed by atoms with van der Waals surface area (Å²) in [5.41, 5.74) is 1.02. The van der Waals surface area contributed by atoms with E-state index in [1.807, 2.05) is 16.8 Å². The van der Waals surface area contributed by atoms with Crippen molar-refractivity contribution in [2.24, 2.45) is 0 Å². The van der Waals surface area contributed by atoms with Crippen LogP contribution in [0.4, 0.5) is 0 Å². The zero-order chi connectivity index (χ0) is 13.8. The Labute approximate surface area is 117 Å². The molecule has 19 heavy (non-hydrogen) atoms. The van der Waals surface area contributed by atoms with Gasteiger partial charge in [0.05, 0.1) is 6.42 Å². The number of hydrogen-bond donors (Lipinski definition) is 1. The number of rotatable bonds is 3. The predicted octanol–water partition coefficient (Wildman–Crippen LogP) is 0.179. The molecule has 1 aliphatic rings. The Kier molecular flexibility index (Phi) is 4.55. The van der Waals surface area contributed by atoms with E-state index in [2.05, 4.69) is 5.32 Å². The van der Waals surface area contributed by atoms with Gasteiger partial charge in [-0.25, -0.2) is 0 Å². The minimum Gasteiger partial charge on any atom is -0.347 e. The largest absolute Gasteiger partial charge is 0.347 e. The van der Waals surface area contributed by atoms with E-state index in [-0.39, 0.29) is 17.9 Å². The van der Waals surface area contributed by atoms with E-state index >= 15 is 0 Å². The Balaban J connectivity index is 2.06. The highest BCUT2D eigenvalue weighted by Gasteiger charge is 2.32. The average molecular weight is 281 g/mol. The molecule has 1 fully saturated rings. The van der Waals surface area contributed by atoms with E-state index in [0.717, 1.165) is 12.1 Å². The summed E-state index contributed by atoms with van der Waals surface area (Å²) in [7, 11) is 3.44. The number of likely N-dealkylation sites (N-methyl/N-ethyl adjacent to an activating group) is 1. The maximum Gasteiger partial charge on any atom is 0.246 e. The molecule has 0 saturated carbocycles. The van der Waals surface area contributed by atoms with Gasteiger partial charge < -0.3 is 15.1 Å². The van der Waals surface area contributed by atoms with Gasteiger partial charge in [0.1, 0.15) is 6.04 Å². The van der Waals surface area contributed by atoms with E-state index in [9.17, 15) is 9.59 Å². The van der Waals surface area contributed by atoms with Crippen LogP contribution in [-0.2, 0) is 16.0 Å². The van der Waals surface area contributed by atoms with Crippen molar-refractivity contribution in [1.29, 1.82) is 0 Å². The van der Waals surface area contributed by atoms with Gasteiger partial charge in [-0.2, -0.15) is 11.3 Å². The number of piperazine rings is 1. The van der Waals surface area contributed by atoms with Crippen LogP contribution < -0.4 is 5.32 Å². The summed E-state index contributed by atoms with van der Waals surface area (Å²) in [6, 6.07) is 1.57. The van der Waals surface area contributed by atoms with E-state index in [0.29, 0.717) is 19.5 Å². The maximum absolute atomic E-state index is 12.3. The third kappa shape index (κ3) is 3.33. The van der Waals surface area contributed by atoms with Crippen LogP contribution in [0.3, 0.4) is 0 Å². The Morgan fingerprint density at radius 2 is 2.32 bits per heavy atom. The fourth-order valence-electron chi connectivity index (χ4n) is 2.19. The van der Waals surface area contributed by atoms with Gasteiger partial charge in [-0.1, -0.05) is 0 Å². The number of hydrogen-bond acceptors (Lipinski definition) is 4. The minimum absolute atomic E-state index is 0.0223. The van der Waals surface area contributed by atoms with Crippen molar-refractivity contribution in [3.05, 3.63) is 22.4 Å². The van der Waals surface area contributed by atoms with Gasteiger partial charge in [0.15, 0.2) is 0 Å². The molecule has 1 unspecified atom stereocenters. The lowest BCUT2D eigenvalue weighted by Gasteiger charge is -2.36. The summed E-state index contributed by atoms with van der Waals surface area (Å²) < 4.78 is 0. The lowest BCUT2D eigenvalue weighted by atomic mass is 10.1. The number of carbonyl (C=O) groups excluding carboxylic acids is 2. The Bertz CT molecular complexity index is 445. The number of nitrogens with one attached hydrogen (secondary N) is 1. The van der Waals surface area contributed by atoms with E-state index in [1.165, 1.54) is 0 Å². The smallest absolute Gasteiger partial charge is 0.246 e. The minimum atomic E-state index is -0.380. The van der Waals surface area contributed by atoms with Crippen LogP contribution in [0.5, 0.6) is 0 Å². The third-order valence-electron chi connectivity index (χ3n) is 3.23. The summed E-state index contributed by atoms with van der Waals surface area (Å²) in [6.45, 7) is 1.87. The lowest BCUT2D eigenvalue weighted by Crippen LogP contribution is -2.59. The quantitative estimate of drug-likeness (QED) is 0.860. The molecule has 2 heterocycles. The molecule has 1 atom stereocenters. The molecule has 6 heteroatoms. The van der Waals surface area contributed by atoms with Crippen molar-refractivity contribution in [2.75, 3.05) is 33.7 Å². The Morgan fingerprint density at radius 1 is 1.53 bits per heavy atom. The van der Waals surface area contributed by atoms with Crippen molar-refractivity contribution in [1.82, 2.24) is 15.1 Å². The molecule has 1 aromatic rings. The van der Waals surface area contributed by atoms with Crippen LogP contribution >= 0.6 is 11.3 Å². The van der Waals surface area contributed by atoms with Crippen molar-refractivity contribution < 1.29 is 9.59 Å². The summed E-state index contributed by atoms with van der Waals surface area (Å²) in [4.78, 5) is 27.7. The monoisotopic (exact) mass is 281 g/mol. The highest BCUT2D eigenvalue weighted by Crippen LogP contribution is 2.12. The molecule has 5 nitrogen and oxygen atoms in total. The topological polar surface area (TPSA) is 52.7 Å². The van der Waals surface area contributed by atoms with Crippen molar-refractivity contribution in [2.45, 2.75) is 12.5 Å². The molecule has 1 aromatic heterocycles. The molecule has 1 aliphatic heterocycles. The second-order valence-electron chi connectivity index (χ2n) is 4.85. The summed E-state index contributed by atoms with van der Waals surface area (Å²) >= 11 is 1.58. The van der Waals surface area contributed by atoms with Gasteiger partial charge in [-0.3, -0.25) is 9.59 Å². The second-order valence-corrected chi connectivity index (χ2v) is 5.63. The van der Waals surface area contributed by atoms with E-state index < -0.39 is 0 Å². The lowest BCUT2D eigenvalue weighted by molar-refractivity contribution is -0.145. The fourth-order valence-corrected chi connectivity index (χ4v) is 2.86. The Morgan fingerprint density at radius 3 is 2.95 bits per heavy atom. The first-order chi connectivity index (χ1) is 9.09. The van der Waals surface area contributed by atoms with E-state index in [4.69, 9.17) is 0 Å². The molecule has 104 valence electrons. The van der Waals surface area contributed by atoms with Crippen LogP contribution in [0.15, 0.2) is 16.8 Å². The molecule has 1 saturated heterocycles. The summed E-state index contributed by atoms with van der Waals surface area (Å²) in [6.07, 6.45) is 0.376. The van der Waals surface area contributed by atoms with E-state index in [1.54, 1.807) is 35.2 Å². The molecule has 0 aliphatic carbocycles. The van der Waals surface area contributed by atoms with Gasteiger partial charge in [0.25, 0.3) is 0 Å². The standard InChI is InChI=1S/C13H19N3O2S/c1-15(2)13(18)11-8-14-4-5-16(11)12(17)7-10-3-6-19-9-10/h3,6,9,11,14H,4-5,7-8H2,1-2H3. The van der Waals surface area contributed by atoms with Crippen LogP contribution in [-0.4, -0.2) is 61.4 Å². The highest BCUT2D eigenvalue weighted by atomic mass is 32.1. The van der Waals surface area contributed by atoms with Crippen molar-refractivity contribution in [3.63, 3.8) is 0 Å². The molecule has 0 radical (unpaired) electrons. The van der Waals surface area contributed by atoms with Gasteiger partial charge in [-0.05, 0) is 22.4 Å². The number of thiophene rings is 1. The third-order valence-corrected chi connectivity index (χ3v) is 3.96. The maximum atomic E-state index is 12.3. The molecular weight excluding hydrogens is 262 g/mol. The normalized spacial score (nSPS) is 19.3. The van der Waals surface area contributed by atoms with Gasteiger partial charge in [-0.15, -0.1) is 0 Å². The van der Waals surface area contributed by atoms with Gasteiger partial charge in [0, 0.05) is 33.7 Å². The second kappa shape index (κ2) is 6.16. The molecule has 0 bridgehead atoms. The number of carbonyl (C=O) groups is 2. The molecule has 0 aromatic carbocycles. The van der Waals surface area contributed by atoms with Crippen molar-refractivity contribution in [3.8, 4) is 0 Å². The fraction of sp³-hybridized carbons (Fsp3) is 0.538. The van der Waals surface area contributed by atoms with Gasteiger partial charge >= 0.3 is 0 Å². The molecule has 1 N–H and O–H groups in total. The first-order valence-electron chi connectivity index (χ1n) is 6.32. The van der Waals surface area contributed by atoms with Crippen LogP contribution in [0.25, 0.3) is 0 Å².